The van der Waals surface area contributed by atoms with Crippen LogP contribution in [-0.4, -0.2) is 25.2 Å². The molecule has 0 aliphatic rings. The van der Waals surface area contributed by atoms with Crippen molar-refractivity contribution in [3.8, 4) is 11.5 Å². The van der Waals surface area contributed by atoms with Crippen LogP contribution in [0, 0.1) is 0 Å². The number of thioether (sulfide) groups is 1. The second-order valence-electron chi connectivity index (χ2n) is 2.96. The summed E-state index contributed by atoms with van der Waals surface area (Å²) in [6.45, 7) is 2.83. The predicted octanol–water partition coefficient (Wildman–Crippen LogP) is 2.41. The Labute approximate surface area is 94.9 Å². The monoisotopic (exact) mass is 227 g/mol. The number of rotatable bonds is 6. The fraction of sp³-hybridized carbons (Fsp3) is 0.455. The van der Waals surface area contributed by atoms with Crippen LogP contribution in [0.4, 0.5) is 5.69 Å². The Hall–Kier alpha value is -1.03. The average molecular weight is 227 g/mol. The molecule has 0 saturated heterocycles. The number of ether oxygens (including phenoxy) is 2. The second-order valence-corrected chi connectivity index (χ2v) is 4.35. The lowest BCUT2D eigenvalue weighted by molar-refractivity contribution is 0.314. The van der Waals surface area contributed by atoms with Gasteiger partial charge in [-0.05, 0) is 17.9 Å². The third-order valence-electron chi connectivity index (χ3n) is 1.88. The molecule has 0 amide bonds. The van der Waals surface area contributed by atoms with Crippen LogP contribution in [-0.2, 0) is 0 Å². The predicted molar refractivity (Wildman–Crippen MR) is 65.9 cm³/mol. The summed E-state index contributed by atoms with van der Waals surface area (Å²) in [5.41, 5.74) is 6.32. The minimum Gasteiger partial charge on any atom is -0.493 e. The molecule has 0 aromatic heterocycles. The van der Waals surface area contributed by atoms with Gasteiger partial charge in [0.25, 0.3) is 0 Å². The van der Waals surface area contributed by atoms with Crippen molar-refractivity contribution in [2.24, 2.45) is 0 Å². The van der Waals surface area contributed by atoms with Gasteiger partial charge in [-0.25, -0.2) is 0 Å². The molecule has 1 rings (SSSR count). The zero-order chi connectivity index (χ0) is 11.1. The number of hydrogen-bond acceptors (Lipinski definition) is 4. The highest BCUT2D eigenvalue weighted by atomic mass is 32.2. The van der Waals surface area contributed by atoms with Crippen molar-refractivity contribution >= 4 is 17.4 Å². The first-order valence-electron chi connectivity index (χ1n) is 4.92. The summed E-state index contributed by atoms with van der Waals surface area (Å²) >= 11 is 1.85. The maximum Gasteiger partial charge on any atom is 0.162 e. The van der Waals surface area contributed by atoms with E-state index in [-0.39, 0.29) is 0 Å². The maximum atomic E-state index is 5.64. The van der Waals surface area contributed by atoms with Gasteiger partial charge in [-0.15, -0.1) is 0 Å². The van der Waals surface area contributed by atoms with Gasteiger partial charge in [0.15, 0.2) is 11.5 Å². The molecule has 84 valence electrons. The largest absolute Gasteiger partial charge is 0.493 e. The van der Waals surface area contributed by atoms with Crippen molar-refractivity contribution < 1.29 is 9.47 Å². The van der Waals surface area contributed by atoms with Gasteiger partial charge in [-0.3, -0.25) is 0 Å². The topological polar surface area (TPSA) is 44.5 Å². The lowest BCUT2D eigenvalue weighted by atomic mass is 10.3. The fourth-order valence-electron chi connectivity index (χ4n) is 1.16. The van der Waals surface area contributed by atoms with E-state index in [9.17, 15) is 0 Å². The molecule has 0 bridgehead atoms. The minimum atomic E-state index is 0.683. The molecule has 1 aromatic carbocycles. The van der Waals surface area contributed by atoms with Gasteiger partial charge in [-0.2, -0.15) is 11.8 Å². The highest BCUT2D eigenvalue weighted by molar-refractivity contribution is 7.99. The Kier molecular flexibility index (Phi) is 5.18. The second kappa shape index (κ2) is 6.45. The Morgan fingerprint density at radius 1 is 1.33 bits per heavy atom. The van der Waals surface area contributed by atoms with E-state index in [0.717, 1.165) is 17.3 Å². The molecule has 2 N–H and O–H groups in total. The van der Waals surface area contributed by atoms with Crippen LogP contribution in [0.2, 0.25) is 0 Å². The molecule has 0 saturated carbocycles. The van der Waals surface area contributed by atoms with Gasteiger partial charge in [0.05, 0.1) is 13.7 Å². The molecule has 15 heavy (non-hydrogen) atoms. The van der Waals surface area contributed by atoms with Crippen molar-refractivity contribution in [3.63, 3.8) is 0 Å². The van der Waals surface area contributed by atoms with Gasteiger partial charge in [-0.1, -0.05) is 6.92 Å². The smallest absolute Gasteiger partial charge is 0.162 e. The number of benzene rings is 1. The van der Waals surface area contributed by atoms with Crippen LogP contribution in [0.25, 0.3) is 0 Å². The van der Waals surface area contributed by atoms with Crippen LogP contribution in [0.1, 0.15) is 6.92 Å². The first kappa shape index (κ1) is 12.0. The lowest BCUT2D eigenvalue weighted by Gasteiger charge is -2.10. The van der Waals surface area contributed by atoms with Gasteiger partial charge < -0.3 is 15.2 Å². The third kappa shape index (κ3) is 3.91. The highest BCUT2D eigenvalue weighted by Gasteiger charge is 2.03. The average Bonchev–Trinajstić information content (AvgIpc) is 2.26. The molecule has 4 heteroatoms. The van der Waals surface area contributed by atoms with Crippen LogP contribution >= 0.6 is 11.8 Å². The van der Waals surface area contributed by atoms with E-state index in [1.165, 1.54) is 0 Å². The van der Waals surface area contributed by atoms with Crippen LogP contribution in [0.5, 0.6) is 11.5 Å². The summed E-state index contributed by atoms with van der Waals surface area (Å²) in [6, 6.07) is 5.41. The van der Waals surface area contributed by atoms with Crippen molar-refractivity contribution in [2.45, 2.75) is 6.92 Å². The van der Waals surface area contributed by atoms with Crippen molar-refractivity contribution in [1.29, 1.82) is 0 Å². The van der Waals surface area contributed by atoms with Crippen LogP contribution in [0.15, 0.2) is 18.2 Å². The fourth-order valence-corrected chi connectivity index (χ4v) is 1.65. The third-order valence-corrected chi connectivity index (χ3v) is 2.74. The Bertz CT molecular complexity index is 305. The summed E-state index contributed by atoms with van der Waals surface area (Å²) in [4.78, 5) is 0. The minimum absolute atomic E-state index is 0.683. The first-order chi connectivity index (χ1) is 7.27. The molecule has 0 unspecified atom stereocenters. The SMILES string of the molecule is CCSCCOc1ccc(N)cc1OC. The van der Waals surface area contributed by atoms with Gasteiger partial charge in [0.2, 0.25) is 0 Å². The Morgan fingerprint density at radius 2 is 2.13 bits per heavy atom. The number of methoxy groups -OCH3 is 1. The molecule has 0 radical (unpaired) electrons. The standard InChI is InChI=1S/C11H17NO2S/c1-3-15-7-6-14-10-5-4-9(12)8-11(10)13-2/h4-5,8H,3,6-7,12H2,1-2H3. The molecular formula is C11H17NO2S. The van der Waals surface area contributed by atoms with Crippen molar-refractivity contribution in [2.75, 3.05) is 31.0 Å². The van der Waals surface area contributed by atoms with E-state index < -0.39 is 0 Å². The lowest BCUT2D eigenvalue weighted by Crippen LogP contribution is -2.02. The molecule has 0 aliphatic carbocycles. The quantitative estimate of drug-likeness (QED) is 0.598. The summed E-state index contributed by atoms with van der Waals surface area (Å²) in [5.74, 6) is 3.55. The number of nitrogens with two attached hydrogens (primary N) is 1. The maximum absolute atomic E-state index is 5.64. The van der Waals surface area contributed by atoms with E-state index in [1.54, 1.807) is 13.2 Å². The summed E-state index contributed by atoms with van der Waals surface area (Å²) in [7, 11) is 1.61. The molecule has 3 nitrogen and oxygen atoms in total. The van der Waals surface area contributed by atoms with E-state index in [1.807, 2.05) is 23.9 Å². The summed E-state index contributed by atoms with van der Waals surface area (Å²) in [6.07, 6.45) is 0. The summed E-state index contributed by atoms with van der Waals surface area (Å²) < 4.78 is 10.8. The first-order valence-corrected chi connectivity index (χ1v) is 6.07. The number of nitrogen functional groups attached to an aromatic ring is 1. The molecule has 0 spiro atoms. The number of hydrogen-bond donors (Lipinski definition) is 1. The molecule has 1 aromatic rings. The molecular weight excluding hydrogens is 210 g/mol. The van der Waals surface area contributed by atoms with Gasteiger partial charge in [0.1, 0.15) is 0 Å². The Morgan fingerprint density at radius 3 is 2.80 bits per heavy atom. The zero-order valence-corrected chi connectivity index (χ0v) is 9.97. The molecule has 0 fully saturated rings. The number of anilines is 1. The van der Waals surface area contributed by atoms with Gasteiger partial charge >= 0.3 is 0 Å². The van der Waals surface area contributed by atoms with E-state index >= 15 is 0 Å². The molecule has 0 heterocycles. The van der Waals surface area contributed by atoms with E-state index in [4.69, 9.17) is 15.2 Å². The zero-order valence-electron chi connectivity index (χ0n) is 9.16. The van der Waals surface area contributed by atoms with Crippen molar-refractivity contribution in [1.82, 2.24) is 0 Å². The van der Waals surface area contributed by atoms with Crippen molar-refractivity contribution in [3.05, 3.63) is 18.2 Å². The summed E-state index contributed by atoms with van der Waals surface area (Å²) in [5, 5.41) is 0. The molecule has 0 atom stereocenters. The van der Waals surface area contributed by atoms with Crippen LogP contribution in [0.3, 0.4) is 0 Å². The van der Waals surface area contributed by atoms with E-state index in [2.05, 4.69) is 6.92 Å². The van der Waals surface area contributed by atoms with Gasteiger partial charge in [0, 0.05) is 17.5 Å². The Balaban J connectivity index is 2.52. The van der Waals surface area contributed by atoms with E-state index in [0.29, 0.717) is 18.0 Å². The van der Waals surface area contributed by atoms with Crippen LogP contribution < -0.4 is 15.2 Å². The highest BCUT2D eigenvalue weighted by Crippen LogP contribution is 2.28. The molecule has 0 aliphatic heterocycles. The normalized spacial score (nSPS) is 10.0.